The molecule has 3 aromatic rings. The highest BCUT2D eigenvalue weighted by Gasteiger charge is 2.14. The van der Waals surface area contributed by atoms with Crippen molar-refractivity contribution in [1.29, 1.82) is 0 Å². The molecule has 5 nitrogen and oxygen atoms in total. The second-order valence-electron chi connectivity index (χ2n) is 6.42. The highest BCUT2D eigenvalue weighted by atomic mass is 32.1. The van der Waals surface area contributed by atoms with Crippen LogP contribution in [0.4, 0.5) is 0 Å². The van der Waals surface area contributed by atoms with E-state index in [1.165, 1.54) is 16.9 Å². The molecule has 3 rings (SSSR count). The summed E-state index contributed by atoms with van der Waals surface area (Å²) in [6.45, 7) is 2.25. The van der Waals surface area contributed by atoms with Crippen LogP contribution < -0.4 is 5.32 Å². The highest BCUT2D eigenvalue weighted by Crippen LogP contribution is 2.24. The standard InChI is InChI=1S/C22H22N2O3S/c1-16-9-11-18(12-10-16)21-24-19(15-28-21)22(26)27-14-20(25)23-13-5-8-17-6-3-2-4-7-17/h2-4,6-7,9-12,15H,5,8,13-14H2,1H3,(H,23,25). The van der Waals surface area contributed by atoms with Crippen molar-refractivity contribution < 1.29 is 14.3 Å². The molecule has 28 heavy (non-hydrogen) atoms. The largest absolute Gasteiger partial charge is 0.451 e. The molecule has 0 aliphatic carbocycles. The van der Waals surface area contributed by atoms with Gasteiger partial charge in [0.15, 0.2) is 12.3 Å². The van der Waals surface area contributed by atoms with Crippen molar-refractivity contribution in [3.63, 3.8) is 0 Å². The van der Waals surface area contributed by atoms with Gasteiger partial charge in [0, 0.05) is 17.5 Å². The van der Waals surface area contributed by atoms with Crippen LogP contribution in [0, 0.1) is 6.92 Å². The third-order valence-corrected chi connectivity index (χ3v) is 5.04. The summed E-state index contributed by atoms with van der Waals surface area (Å²) in [4.78, 5) is 28.3. The maximum atomic E-state index is 12.1. The number of nitrogens with one attached hydrogen (secondary N) is 1. The van der Waals surface area contributed by atoms with Crippen molar-refractivity contribution in [1.82, 2.24) is 10.3 Å². The van der Waals surface area contributed by atoms with Crippen molar-refractivity contribution in [3.8, 4) is 10.6 Å². The molecule has 0 fully saturated rings. The molecule has 0 radical (unpaired) electrons. The van der Waals surface area contributed by atoms with Crippen molar-refractivity contribution >= 4 is 23.2 Å². The molecule has 1 N–H and O–H groups in total. The summed E-state index contributed by atoms with van der Waals surface area (Å²) in [5.74, 6) is -0.899. The number of nitrogens with zero attached hydrogens (tertiary/aromatic N) is 1. The number of rotatable bonds is 8. The molecule has 144 valence electrons. The second kappa shape index (κ2) is 9.80. The van der Waals surface area contributed by atoms with E-state index in [2.05, 4.69) is 22.4 Å². The van der Waals surface area contributed by atoms with Gasteiger partial charge in [-0.25, -0.2) is 9.78 Å². The minimum absolute atomic E-state index is 0.220. The van der Waals surface area contributed by atoms with Crippen molar-refractivity contribution in [2.75, 3.05) is 13.2 Å². The minimum atomic E-state index is -0.589. The molecule has 0 unspecified atom stereocenters. The maximum absolute atomic E-state index is 12.1. The smallest absolute Gasteiger partial charge is 0.358 e. The van der Waals surface area contributed by atoms with E-state index < -0.39 is 5.97 Å². The third-order valence-electron chi connectivity index (χ3n) is 4.15. The van der Waals surface area contributed by atoms with Crippen molar-refractivity contribution in [2.24, 2.45) is 0 Å². The van der Waals surface area contributed by atoms with Gasteiger partial charge in [-0.15, -0.1) is 11.3 Å². The SMILES string of the molecule is Cc1ccc(-c2nc(C(=O)OCC(=O)NCCCc3ccccc3)cs2)cc1. The minimum Gasteiger partial charge on any atom is -0.451 e. The van der Waals surface area contributed by atoms with Crippen LogP contribution in [0.2, 0.25) is 0 Å². The zero-order chi connectivity index (χ0) is 19.8. The molecule has 2 aromatic carbocycles. The van der Waals surface area contributed by atoms with Gasteiger partial charge < -0.3 is 10.1 Å². The number of esters is 1. The lowest BCUT2D eigenvalue weighted by molar-refractivity contribution is -0.124. The van der Waals surface area contributed by atoms with Gasteiger partial charge >= 0.3 is 5.97 Å². The van der Waals surface area contributed by atoms with E-state index in [4.69, 9.17) is 4.74 Å². The van der Waals surface area contributed by atoms with Crippen molar-refractivity contribution in [2.45, 2.75) is 19.8 Å². The fourth-order valence-electron chi connectivity index (χ4n) is 2.62. The summed E-state index contributed by atoms with van der Waals surface area (Å²) in [6, 6.07) is 18.0. The fraction of sp³-hybridized carbons (Fsp3) is 0.227. The number of aromatic nitrogens is 1. The van der Waals surface area contributed by atoms with Gasteiger partial charge in [0.25, 0.3) is 5.91 Å². The molecule has 0 saturated carbocycles. The first-order valence-corrected chi connectivity index (χ1v) is 10.00. The lowest BCUT2D eigenvalue weighted by atomic mass is 10.1. The second-order valence-corrected chi connectivity index (χ2v) is 7.28. The Morgan fingerprint density at radius 1 is 1.07 bits per heavy atom. The Morgan fingerprint density at radius 2 is 1.82 bits per heavy atom. The lowest BCUT2D eigenvalue weighted by Gasteiger charge is -2.06. The van der Waals surface area contributed by atoms with Gasteiger partial charge in [-0.1, -0.05) is 60.2 Å². The van der Waals surface area contributed by atoms with Crippen LogP contribution in [0.25, 0.3) is 10.6 Å². The number of ether oxygens (including phenoxy) is 1. The first-order valence-electron chi connectivity index (χ1n) is 9.12. The van der Waals surface area contributed by atoms with Crippen LogP contribution in [0.1, 0.15) is 28.0 Å². The molecule has 0 atom stereocenters. The van der Waals surface area contributed by atoms with Gasteiger partial charge in [0.1, 0.15) is 5.01 Å². The normalized spacial score (nSPS) is 10.5. The van der Waals surface area contributed by atoms with Crippen LogP contribution in [0.15, 0.2) is 60.0 Å². The molecular weight excluding hydrogens is 372 g/mol. The number of carbonyl (C=O) groups excluding carboxylic acids is 2. The van der Waals surface area contributed by atoms with Crippen LogP contribution in [-0.4, -0.2) is 30.0 Å². The topological polar surface area (TPSA) is 68.3 Å². The molecule has 0 aliphatic rings. The van der Waals surface area contributed by atoms with Gasteiger partial charge in [-0.3, -0.25) is 4.79 Å². The van der Waals surface area contributed by atoms with Crippen LogP contribution >= 0.6 is 11.3 Å². The van der Waals surface area contributed by atoms with E-state index in [-0.39, 0.29) is 18.2 Å². The molecule has 0 spiro atoms. The Balaban J connectivity index is 1.40. The Hall–Kier alpha value is -2.99. The highest BCUT2D eigenvalue weighted by molar-refractivity contribution is 7.13. The summed E-state index contributed by atoms with van der Waals surface area (Å²) in [6.07, 6.45) is 1.72. The molecule has 0 bridgehead atoms. The Kier molecular flexibility index (Phi) is 6.92. The number of carbonyl (C=O) groups is 2. The lowest BCUT2D eigenvalue weighted by Crippen LogP contribution is -2.29. The van der Waals surface area contributed by atoms with Gasteiger partial charge in [0.05, 0.1) is 0 Å². The summed E-state index contributed by atoms with van der Waals surface area (Å²) in [5.41, 5.74) is 3.56. The monoisotopic (exact) mass is 394 g/mol. The van der Waals surface area contributed by atoms with E-state index in [0.29, 0.717) is 6.54 Å². The summed E-state index contributed by atoms with van der Waals surface area (Å²) in [5, 5.41) is 5.16. The van der Waals surface area contributed by atoms with E-state index in [9.17, 15) is 9.59 Å². The Morgan fingerprint density at radius 3 is 2.57 bits per heavy atom. The summed E-state index contributed by atoms with van der Waals surface area (Å²) in [7, 11) is 0. The van der Waals surface area contributed by atoms with Gasteiger partial charge in [0.2, 0.25) is 0 Å². The first kappa shape index (κ1) is 19.8. The number of aryl methyl sites for hydroxylation is 2. The number of amides is 1. The van der Waals surface area contributed by atoms with E-state index in [0.717, 1.165) is 29.0 Å². The Labute approximate surface area is 168 Å². The number of hydrogen-bond donors (Lipinski definition) is 1. The van der Waals surface area contributed by atoms with E-state index in [1.807, 2.05) is 49.4 Å². The first-order chi connectivity index (χ1) is 13.6. The summed E-state index contributed by atoms with van der Waals surface area (Å²) < 4.78 is 5.07. The predicted molar refractivity (Wildman–Crippen MR) is 110 cm³/mol. The maximum Gasteiger partial charge on any atom is 0.358 e. The third kappa shape index (κ3) is 5.76. The van der Waals surface area contributed by atoms with Crippen molar-refractivity contribution in [3.05, 3.63) is 76.8 Å². The van der Waals surface area contributed by atoms with Gasteiger partial charge in [-0.05, 0) is 25.3 Å². The summed E-state index contributed by atoms with van der Waals surface area (Å²) >= 11 is 1.37. The number of benzene rings is 2. The quantitative estimate of drug-likeness (QED) is 0.463. The van der Waals surface area contributed by atoms with E-state index in [1.54, 1.807) is 5.38 Å². The van der Waals surface area contributed by atoms with Crippen LogP contribution in [0.3, 0.4) is 0 Å². The van der Waals surface area contributed by atoms with Crippen LogP contribution in [0.5, 0.6) is 0 Å². The van der Waals surface area contributed by atoms with Crippen LogP contribution in [-0.2, 0) is 16.0 Å². The molecule has 1 heterocycles. The zero-order valence-electron chi connectivity index (χ0n) is 15.7. The fourth-order valence-corrected chi connectivity index (χ4v) is 3.41. The molecule has 6 heteroatoms. The Bertz CT molecular complexity index is 920. The average Bonchev–Trinajstić information content (AvgIpc) is 3.21. The molecule has 0 saturated heterocycles. The average molecular weight is 394 g/mol. The van der Waals surface area contributed by atoms with Gasteiger partial charge in [-0.2, -0.15) is 0 Å². The van der Waals surface area contributed by atoms with E-state index >= 15 is 0 Å². The predicted octanol–water partition coefficient (Wildman–Crippen LogP) is 4.02. The number of hydrogen-bond acceptors (Lipinski definition) is 5. The molecule has 1 aromatic heterocycles. The molecular formula is C22H22N2O3S. The molecule has 1 amide bonds. The molecule has 0 aliphatic heterocycles. The zero-order valence-corrected chi connectivity index (χ0v) is 16.5. The number of thiazole rings is 1.